The number of nitrogens with two attached hydrogens (primary N) is 1. The van der Waals surface area contributed by atoms with Gasteiger partial charge in [0.1, 0.15) is 0 Å². The standard InChI is InChI=1S/C15H20N2O2/c1-15(2)7-13(18)17(14(19)8-15)10-12-5-3-11(9-16)4-6-12/h3-6H,7-10,16H2,1-2H3. The lowest BCUT2D eigenvalue weighted by Crippen LogP contribution is -2.45. The van der Waals surface area contributed by atoms with E-state index in [0.29, 0.717) is 25.9 Å². The fraction of sp³-hybridized carbons (Fsp3) is 0.467. The van der Waals surface area contributed by atoms with Gasteiger partial charge in [-0.3, -0.25) is 14.5 Å². The molecule has 0 spiro atoms. The summed E-state index contributed by atoms with van der Waals surface area (Å²) in [6, 6.07) is 7.70. The van der Waals surface area contributed by atoms with Crippen LogP contribution in [0.3, 0.4) is 0 Å². The van der Waals surface area contributed by atoms with Crippen molar-refractivity contribution >= 4 is 11.8 Å². The third-order valence-electron chi connectivity index (χ3n) is 3.46. The second-order valence-corrected chi connectivity index (χ2v) is 5.91. The minimum Gasteiger partial charge on any atom is -0.326 e. The smallest absolute Gasteiger partial charge is 0.230 e. The van der Waals surface area contributed by atoms with E-state index in [4.69, 9.17) is 5.73 Å². The van der Waals surface area contributed by atoms with Gasteiger partial charge in [-0.2, -0.15) is 0 Å². The highest BCUT2D eigenvalue weighted by molar-refractivity contribution is 5.98. The summed E-state index contributed by atoms with van der Waals surface area (Å²) < 4.78 is 0. The zero-order chi connectivity index (χ0) is 14.0. The van der Waals surface area contributed by atoms with E-state index in [1.165, 1.54) is 4.90 Å². The average molecular weight is 260 g/mol. The normalized spacial score (nSPS) is 18.8. The van der Waals surface area contributed by atoms with E-state index in [2.05, 4.69) is 0 Å². The molecule has 0 aromatic heterocycles. The van der Waals surface area contributed by atoms with Crippen LogP contribution in [0.4, 0.5) is 0 Å². The summed E-state index contributed by atoms with van der Waals surface area (Å²) in [5, 5.41) is 0. The molecule has 1 fully saturated rings. The van der Waals surface area contributed by atoms with Crippen LogP contribution in [0.15, 0.2) is 24.3 Å². The van der Waals surface area contributed by atoms with Crippen molar-refractivity contribution in [3.63, 3.8) is 0 Å². The first-order valence-electron chi connectivity index (χ1n) is 6.52. The summed E-state index contributed by atoms with van der Waals surface area (Å²) in [7, 11) is 0. The van der Waals surface area contributed by atoms with Gasteiger partial charge >= 0.3 is 0 Å². The van der Waals surface area contributed by atoms with Crippen LogP contribution in [0.25, 0.3) is 0 Å². The molecular formula is C15H20N2O2. The molecule has 0 aliphatic carbocycles. The zero-order valence-corrected chi connectivity index (χ0v) is 11.5. The molecule has 1 saturated heterocycles. The van der Waals surface area contributed by atoms with Gasteiger partial charge in [0.2, 0.25) is 11.8 Å². The van der Waals surface area contributed by atoms with E-state index >= 15 is 0 Å². The first-order chi connectivity index (χ1) is 8.91. The zero-order valence-electron chi connectivity index (χ0n) is 11.5. The van der Waals surface area contributed by atoms with Crippen molar-refractivity contribution < 1.29 is 9.59 Å². The maximum Gasteiger partial charge on any atom is 0.230 e. The molecule has 2 amide bonds. The average Bonchev–Trinajstić information content (AvgIpc) is 2.33. The summed E-state index contributed by atoms with van der Waals surface area (Å²) in [5.41, 5.74) is 7.33. The Hall–Kier alpha value is -1.68. The molecule has 4 heteroatoms. The van der Waals surface area contributed by atoms with E-state index in [-0.39, 0.29) is 17.2 Å². The number of piperidine rings is 1. The van der Waals surface area contributed by atoms with Gasteiger partial charge in [-0.05, 0) is 16.5 Å². The molecule has 0 radical (unpaired) electrons. The first-order valence-corrected chi connectivity index (χ1v) is 6.52. The highest BCUT2D eigenvalue weighted by atomic mass is 16.2. The first kappa shape index (κ1) is 13.7. The molecule has 1 heterocycles. The molecule has 1 aromatic rings. The molecule has 0 atom stereocenters. The fourth-order valence-corrected chi connectivity index (χ4v) is 2.35. The molecule has 0 unspecified atom stereocenters. The Morgan fingerprint density at radius 1 is 1.05 bits per heavy atom. The maximum atomic E-state index is 12.0. The lowest BCUT2D eigenvalue weighted by Gasteiger charge is -2.34. The Morgan fingerprint density at radius 2 is 1.53 bits per heavy atom. The molecule has 19 heavy (non-hydrogen) atoms. The van der Waals surface area contributed by atoms with Crippen molar-refractivity contribution in [3.8, 4) is 0 Å². The highest BCUT2D eigenvalue weighted by Gasteiger charge is 2.37. The number of likely N-dealkylation sites (tertiary alicyclic amines) is 1. The second kappa shape index (κ2) is 5.13. The number of hydrogen-bond donors (Lipinski definition) is 1. The van der Waals surface area contributed by atoms with Crippen LogP contribution < -0.4 is 5.73 Å². The lowest BCUT2D eigenvalue weighted by atomic mass is 9.81. The van der Waals surface area contributed by atoms with Crippen molar-refractivity contribution in [2.45, 2.75) is 39.8 Å². The van der Waals surface area contributed by atoms with E-state index in [1.807, 2.05) is 38.1 Å². The Kier molecular flexibility index (Phi) is 3.71. The second-order valence-electron chi connectivity index (χ2n) is 5.91. The Balaban J connectivity index is 2.09. The van der Waals surface area contributed by atoms with Crippen molar-refractivity contribution in [2.24, 2.45) is 11.1 Å². The molecule has 1 aliphatic heterocycles. The van der Waals surface area contributed by atoms with Gasteiger partial charge in [0.15, 0.2) is 0 Å². The number of nitrogens with zero attached hydrogens (tertiary/aromatic N) is 1. The summed E-state index contributed by atoms with van der Waals surface area (Å²) in [6.07, 6.45) is 0.860. The molecule has 0 bridgehead atoms. The maximum absolute atomic E-state index is 12.0. The highest BCUT2D eigenvalue weighted by Crippen LogP contribution is 2.32. The predicted molar refractivity (Wildman–Crippen MR) is 72.9 cm³/mol. The molecule has 2 N–H and O–H groups in total. The minimum atomic E-state index is -0.214. The number of carbonyl (C=O) groups is 2. The van der Waals surface area contributed by atoms with Crippen LogP contribution in [-0.4, -0.2) is 16.7 Å². The van der Waals surface area contributed by atoms with Gasteiger partial charge in [0, 0.05) is 19.4 Å². The molecule has 0 saturated carbocycles. The van der Waals surface area contributed by atoms with Gasteiger partial charge in [0.25, 0.3) is 0 Å². The lowest BCUT2D eigenvalue weighted by molar-refractivity contribution is -0.153. The SMILES string of the molecule is CC1(C)CC(=O)N(Cc2ccc(CN)cc2)C(=O)C1. The van der Waals surface area contributed by atoms with Crippen molar-refractivity contribution in [1.29, 1.82) is 0 Å². The number of benzene rings is 1. The van der Waals surface area contributed by atoms with Gasteiger partial charge in [-0.15, -0.1) is 0 Å². The third kappa shape index (κ3) is 3.20. The van der Waals surface area contributed by atoms with Gasteiger partial charge in [0.05, 0.1) is 6.54 Å². The molecular weight excluding hydrogens is 240 g/mol. The van der Waals surface area contributed by atoms with Gasteiger partial charge < -0.3 is 5.73 Å². The van der Waals surface area contributed by atoms with Crippen LogP contribution in [0.2, 0.25) is 0 Å². The Labute approximate surface area is 113 Å². The van der Waals surface area contributed by atoms with Crippen molar-refractivity contribution in [1.82, 2.24) is 4.90 Å². The Bertz CT molecular complexity index is 471. The summed E-state index contributed by atoms with van der Waals surface area (Å²) >= 11 is 0. The number of amides is 2. The van der Waals surface area contributed by atoms with Gasteiger partial charge in [-0.25, -0.2) is 0 Å². The molecule has 102 valence electrons. The van der Waals surface area contributed by atoms with Crippen molar-refractivity contribution in [3.05, 3.63) is 35.4 Å². The summed E-state index contributed by atoms with van der Waals surface area (Å²) in [4.78, 5) is 25.4. The van der Waals surface area contributed by atoms with Gasteiger partial charge in [-0.1, -0.05) is 38.1 Å². The summed E-state index contributed by atoms with van der Waals surface area (Å²) in [6.45, 7) is 4.76. The predicted octanol–water partition coefficient (Wildman–Crippen LogP) is 1.82. The van der Waals surface area contributed by atoms with Crippen LogP contribution in [0, 0.1) is 5.41 Å². The third-order valence-corrected chi connectivity index (χ3v) is 3.46. The topological polar surface area (TPSA) is 63.4 Å². The van der Waals surface area contributed by atoms with Crippen LogP contribution in [0.1, 0.15) is 37.8 Å². The minimum absolute atomic E-state index is 0.0795. The Morgan fingerprint density at radius 3 is 2.00 bits per heavy atom. The molecule has 1 aliphatic rings. The quantitative estimate of drug-likeness (QED) is 0.843. The van der Waals surface area contributed by atoms with Crippen molar-refractivity contribution in [2.75, 3.05) is 0 Å². The van der Waals surface area contributed by atoms with E-state index in [9.17, 15) is 9.59 Å². The van der Waals surface area contributed by atoms with Crippen LogP contribution in [-0.2, 0) is 22.7 Å². The molecule has 2 rings (SSSR count). The largest absolute Gasteiger partial charge is 0.326 e. The number of imide groups is 1. The van der Waals surface area contributed by atoms with Crippen LogP contribution in [0.5, 0.6) is 0 Å². The molecule has 1 aromatic carbocycles. The summed E-state index contributed by atoms with van der Waals surface area (Å²) in [5.74, 6) is -0.159. The monoisotopic (exact) mass is 260 g/mol. The van der Waals surface area contributed by atoms with E-state index in [0.717, 1.165) is 11.1 Å². The van der Waals surface area contributed by atoms with E-state index < -0.39 is 0 Å². The molecule has 4 nitrogen and oxygen atoms in total. The fourth-order valence-electron chi connectivity index (χ4n) is 2.35. The van der Waals surface area contributed by atoms with E-state index in [1.54, 1.807) is 0 Å². The number of hydrogen-bond acceptors (Lipinski definition) is 3. The number of rotatable bonds is 3. The van der Waals surface area contributed by atoms with Crippen LogP contribution >= 0.6 is 0 Å². The number of carbonyl (C=O) groups excluding carboxylic acids is 2.